The smallest absolute Gasteiger partial charge is 0.267 e. The minimum Gasteiger partial charge on any atom is -0.267 e. The Hall–Kier alpha value is -3.89. The predicted octanol–water partition coefficient (Wildman–Crippen LogP) is 3.08. The second-order valence-corrected chi connectivity index (χ2v) is 6.42. The van der Waals surface area contributed by atoms with E-state index in [1.807, 2.05) is 0 Å². The quantitative estimate of drug-likeness (QED) is 0.552. The van der Waals surface area contributed by atoms with Crippen molar-refractivity contribution >= 4 is 16.8 Å². The molecule has 30 heavy (non-hydrogen) atoms. The Balaban J connectivity index is 1.64. The molecule has 0 aliphatic carbocycles. The Morgan fingerprint density at radius 2 is 1.87 bits per heavy atom. The molecule has 0 aliphatic heterocycles. The molecule has 4 aromatic rings. The highest BCUT2D eigenvalue weighted by Gasteiger charge is 2.29. The number of nitrogens with zero attached hydrogens (tertiary/aromatic N) is 6. The molecule has 0 radical (unpaired) electrons. The van der Waals surface area contributed by atoms with Crippen molar-refractivity contribution in [2.45, 2.75) is 19.5 Å². The number of fused-ring (bicyclic) bond motifs is 1. The molecule has 1 N–H and O–H groups in total. The lowest BCUT2D eigenvalue weighted by Crippen LogP contribution is -2.23. The van der Waals surface area contributed by atoms with Gasteiger partial charge in [0, 0.05) is 36.4 Å². The van der Waals surface area contributed by atoms with Gasteiger partial charge in [-0.2, -0.15) is 13.2 Å². The molecular weight excluding hydrogens is 399 g/mol. The maximum absolute atomic E-state index is 12.9. The van der Waals surface area contributed by atoms with Crippen LogP contribution in [0.2, 0.25) is 0 Å². The molecule has 0 saturated heterocycles. The normalized spacial score (nSPS) is 11.6. The molecule has 4 aromatic heterocycles. The highest BCUT2D eigenvalue weighted by Crippen LogP contribution is 2.27. The first-order chi connectivity index (χ1) is 14.3. The Morgan fingerprint density at radius 1 is 1.10 bits per heavy atom. The number of alkyl halides is 3. The van der Waals surface area contributed by atoms with Gasteiger partial charge in [-0.3, -0.25) is 19.9 Å². The third-order valence-corrected chi connectivity index (χ3v) is 4.29. The Bertz CT molecular complexity index is 1220. The first-order valence-electron chi connectivity index (χ1n) is 8.75. The van der Waals surface area contributed by atoms with Gasteiger partial charge in [-0.25, -0.2) is 19.9 Å². The maximum atomic E-state index is 12.9. The first kappa shape index (κ1) is 19.4. The van der Waals surface area contributed by atoms with Gasteiger partial charge in [0.1, 0.15) is 0 Å². The van der Waals surface area contributed by atoms with Crippen molar-refractivity contribution in [2.75, 3.05) is 5.43 Å². The van der Waals surface area contributed by atoms with Crippen molar-refractivity contribution in [1.29, 1.82) is 0 Å². The Kier molecular flexibility index (Phi) is 4.86. The molecule has 152 valence electrons. The van der Waals surface area contributed by atoms with Gasteiger partial charge in [-0.1, -0.05) is 0 Å². The first-order valence-corrected chi connectivity index (χ1v) is 8.75. The number of carbonyl (C=O) groups is 1. The number of hydrogen-bond acceptors (Lipinski definition) is 6. The number of pyridine rings is 1. The van der Waals surface area contributed by atoms with Gasteiger partial charge in [-0.15, -0.1) is 0 Å². The van der Waals surface area contributed by atoms with E-state index in [4.69, 9.17) is 0 Å². The lowest BCUT2D eigenvalue weighted by atomic mass is 10.1. The molecule has 4 heterocycles. The molecule has 11 heteroatoms. The van der Waals surface area contributed by atoms with Crippen LogP contribution in [0.1, 0.15) is 21.6 Å². The van der Waals surface area contributed by atoms with Crippen LogP contribution in [0.4, 0.5) is 13.2 Å². The highest BCUT2D eigenvalue weighted by molar-refractivity contribution is 6.01. The van der Waals surface area contributed by atoms with E-state index in [-0.39, 0.29) is 17.0 Å². The largest absolute Gasteiger partial charge is 0.393 e. The molecule has 4 rings (SSSR count). The summed E-state index contributed by atoms with van der Waals surface area (Å²) >= 11 is 0. The van der Waals surface area contributed by atoms with Crippen molar-refractivity contribution in [3.05, 3.63) is 66.1 Å². The van der Waals surface area contributed by atoms with E-state index in [1.54, 1.807) is 25.4 Å². The number of nitrogens with one attached hydrogen (secondary N) is 1. The zero-order valence-corrected chi connectivity index (χ0v) is 15.6. The number of hydrogen-bond donors (Lipinski definition) is 1. The number of rotatable bonds is 4. The van der Waals surface area contributed by atoms with Gasteiger partial charge in [0.05, 0.1) is 29.4 Å². The Morgan fingerprint density at radius 3 is 2.57 bits per heavy atom. The second-order valence-electron chi connectivity index (χ2n) is 6.42. The van der Waals surface area contributed by atoms with Gasteiger partial charge in [0.15, 0.2) is 11.6 Å². The van der Waals surface area contributed by atoms with Gasteiger partial charge < -0.3 is 0 Å². The summed E-state index contributed by atoms with van der Waals surface area (Å²) in [5.41, 5.74) is 3.48. The standard InChI is InChI=1S/C19H14F3N7O/c1-11-14(8-26-17(27-11)16-24-4-2-5-25-16)18(30)28-29-10-12(7-19(20,21)22)13-3-6-23-9-15(13)29/h2-6,8-10H,7H2,1H3,(H,28,30). The maximum Gasteiger partial charge on any atom is 0.393 e. The van der Waals surface area contributed by atoms with Crippen molar-refractivity contribution < 1.29 is 18.0 Å². The molecule has 0 atom stereocenters. The van der Waals surface area contributed by atoms with Crippen LogP contribution in [0.25, 0.3) is 22.6 Å². The molecule has 8 nitrogen and oxygen atoms in total. The number of amides is 1. The summed E-state index contributed by atoms with van der Waals surface area (Å²) in [7, 11) is 0. The highest BCUT2D eigenvalue weighted by atomic mass is 19.4. The summed E-state index contributed by atoms with van der Waals surface area (Å²) < 4.78 is 39.9. The second kappa shape index (κ2) is 7.50. The summed E-state index contributed by atoms with van der Waals surface area (Å²) in [6.07, 6.45) is 2.93. The molecule has 0 aromatic carbocycles. The molecule has 0 aliphatic rings. The average Bonchev–Trinajstić information content (AvgIpc) is 3.04. The van der Waals surface area contributed by atoms with Crippen LogP contribution in [-0.4, -0.2) is 41.7 Å². The van der Waals surface area contributed by atoms with Crippen molar-refractivity contribution in [2.24, 2.45) is 0 Å². The summed E-state index contributed by atoms with van der Waals surface area (Å²) in [6, 6.07) is 3.13. The molecule has 0 bridgehead atoms. The zero-order chi connectivity index (χ0) is 21.3. The van der Waals surface area contributed by atoms with E-state index in [2.05, 4.69) is 30.3 Å². The minimum absolute atomic E-state index is 0.0322. The fourth-order valence-electron chi connectivity index (χ4n) is 2.98. The van der Waals surface area contributed by atoms with Crippen LogP contribution in [-0.2, 0) is 6.42 Å². The van der Waals surface area contributed by atoms with E-state index in [0.717, 1.165) is 0 Å². The minimum atomic E-state index is -4.38. The molecule has 1 amide bonds. The van der Waals surface area contributed by atoms with E-state index >= 15 is 0 Å². The summed E-state index contributed by atoms with van der Waals surface area (Å²) in [6.45, 7) is 1.62. The van der Waals surface area contributed by atoms with Crippen molar-refractivity contribution in [3.63, 3.8) is 0 Å². The lowest BCUT2D eigenvalue weighted by molar-refractivity contribution is -0.127. The van der Waals surface area contributed by atoms with Crippen LogP contribution >= 0.6 is 0 Å². The van der Waals surface area contributed by atoms with Gasteiger partial charge in [0.25, 0.3) is 5.91 Å². The van der Waals surface area contributed by atoms with E-state index in [1.165, 1.54) is 35.5 Å². The average molecular weight is 413 g/mol. The molecule has 0 unspecified atom stereocenters. The number of carbonyl (C=O) groups excluding carboxylic acids is 1. The van der Waals surface area contributed by atoms with Crippen molar-refractivity contribution in [1.82, 2.24) is 29.6 Å². The third kappa shape index (κ3) is 3.95. The van der Waals surface area contributed by atoms with Gasteiger partial charge in [0.2, 0.25) is 0 Å². The van der Waals surface area contributed by atoms with Gasteiger partial charge in [-0.05, 0) is 24.6 Å². The fourth-order valence-corrected chi connectivity index (χ4v) is 2.98. The van der Waals surface area contributed by atoms with Crippen LogP contribution < -0.4 is 5.43 Å². The number of aromatic nitrogens is 6. The molecule has 0 fully saturated rings. The summed E-state index contributed by atoms with van der Waals surface area (Å²) in [5, 5.41) is 0.354. The summed E-state index contributed by atoms with van der Waals surface area (Å²) in [5.74, 6) is -0.00750. The number of halogens is 3. The third-order valence-electron chi connectivity index (χ3n) is 4.29. The van der Waals surface area contributed by atoms with E-state index in [0.29, 0.717) is 22.4 Å². The zero-order valence-electron chi connectivity index (χ0n) is 15.6. The molecule has 0 saturated carbocycles. The summed E-state index contributed by atoms with van der Waals surface area (Å²) in [4.78, 5) is 33.2. The topological polar surface area (TPSA) is 98.5 Å². The number of aryl methyl sites for hydroxylation is 1. The SMILES string of the molecule is Cc1nc(-c2ncccn2)ncc1C(=O)Nn1cc(CC(F)(F)F)c2ccncc21. The van der Waals surface area contributed by atoms with Crippen molar-refractivity contribution in [3.8, 4) is 11.6 Å². The van der Waals surface area contributed by atoms with Crippen LogP contribution in [0.3, 0.4) is 0 Å². The van der Waals surface area contributed by atoms with Crippen LogP contribution in [0.15, 0.2) is 49.3 Å². The molecular formula is C19H14F3N7O. The Labute approximate surface area is 167 Å². The van der Waals surface area contributed by atoms with Gasteiger partial charge >= 0.3 is 6.18 Å². The predicted molar refractivity (Wildman–Crippen MR) is 101 cm³/mol. The van der Waals surface area contributed by atoms with Crippen LogP contribution in [0, 0.1) is 6.92 Å². The lowest BCUT2D eigenvalue weighted by Gasteiger charge is -2.10. The molecule has 0 spiro atoms. The van der Waals surface area contributed by atoms with Crippen LogP contribution in [0.5, 0.6) is 0 Å². The van der Waals surface area contributed by atoms with E-state index in [9.17, 15) is 18.0 Å². The monoisotopic (exact) mass is 413 g/mol. The fraction of sp³-hybridized carbons (Fsp3) is 0.158. The van der Waals surface area contributed by atoms with E-state index < -0.39 is 18.5 Å².